The second kappa shape index (κ2) is 11.8. The van der Waals surface area contributed by atoms with Crippen molar-refractivity contribution in [1.29, 1.82) is 0 Å². The topological polar surface area (TPSA) is 83.1 Å². The van der Waals surface area contributed by atoms with Crippen molar-refractivity contribution in [2.45, 2.75) is 31.6 Å². The molecule has 8 nitrogen and oxygen atoms in total. The number of hydrogen-bond acceptors (Lipinski definition) is 7. The van der Waals surface area contributed by atoms with Gasteiger partial charge in [-0.1, -0.05) is 37.3 Å². The van der Waals surface area contributed by atoms with Crippen LogP contribution >= 0.6 is 11.3 Å². The van der Waals surface area contributed by atoms with E-state index in [9.17, 15) is 13.2 Å². The number of benzene rings is 2. The first-order valence-electron chi connectivity index (χ1n) is 13.4. The van der Waals surface area contributed by atoms with Crippen LogP contribution in [0.15, 0.2) is 53.4 Å². The van der Waals surface area contributed by atoms with Gasteiger partial charge in [0.25, 0.3) is 5.91 Å². The number of fused-ring (bicyclic) bond motifs is 1. The van der Waals surface area contributed by atoms with Gasteiger partial charge in [-0.15, -0.1) is 0 Å². The Morgan fingerprint density at radius 1 is 1.05 bits per heavy atom. The van der Waals surface area contributed by atoms with E-state index >= 15 is 0 Å². The van der Waals surface area contributed by atoms with Gasteiger partial charge in [-0.2, -0.15) is 4.31 Å². The summed E-state index contributed by atoms with van der Waals surface area (Å²) in [6.07, 6.45) is 1.84. The number of thiazole rings is 1. The molecular weight excluding hydrogens is 520 g/mol. The molecule has 204 valence electrons. The van der Waals surface area contributed by atoms with E-state index < -0.39 is 10.0 Å². The smallest absolute Gasteiger partial charge is 0.260 e. The molecule has 38 heavy (non-hydrogen) atoms. The van der Waals surface area contributed by atoms with Crippen molar-refractivity contribution in [3.63, 3.8) is 0 Å². The molecule has 2 aliphatic heterocycles. The zero-order chi connectivity index (χ0) is 26.7. The second-order valence-electron chi connectivity index (χ2n) is 10.5. The van der Waals surface area contributed by atoms with Crippen molar-refractivity contribution in [2.24, 2.45) is 11.8 Å². The molecule has 2 fully saturated rings. The summed E-state index contributed by atoms with van der Waals surface area (Å²) in [5.41, 5.74) is 1.32. The number of anilines is 1. The average Bonchev–Trinajstić information content (AvgIpc) is 3.35. The summed E-state index contributed by atoms with van der Waals surface area (Å²) in [4.78, 5) is 22.8. The van der Waals surface area contributed by atoms with Gasteiger partial charge in [-0.05, 0) is 61.1 Å². The minimum atomic E-state index is -3.60. The summed E-state index contributed by atoms with van der Waals surface area (Å²) >= 11 is 1.50. The normalized spacial score (nSPS) is 21.5. The molecule has 1 aromatic heterocycles. The molecule has 3 heterocycles. The fourth-order valence-electron chi connectivity index (χ4n) is 5.41. The number of nitrogens with zero attached hydrogens (tertiary/aromatic N) is 4. The van der Waals surface area contributed by atoms with Gasteiger partial charge in [0.2, 0.25) is 10.0 Å². The molecule has 0 saturated carbocycles. The SMILES string of the molecule is CC1CC(C)CN(S(=O)(=O)c2ccc(C(=O)N(CCCN3CCOCC3)c3nc4ccccc4s3)cc2)C1. The van der Waals surface area contributed by atoms with Gasteiger partial charge in [0.15, 0.2) is 5.13 Å². The van der Waals surface area contributed by atoms with Crippen molar-refractivity contribution >= 4 is 42.6 Å². The number of carbonyl (C=O) groups excluding carboxylic acids is 1. The lowest BCUT2D eigenvalue weighted by atomic mass is 9.94. The molecule has 0 radical (unpaired) electrons. The van der Waals surface area contributed by atoms with E-state index in [1.54, 1.807) is 33.5 Å². The number of aromatic nitrogens is 1. The Hall–Kier alpha value is -2.37. The van der Waals surface area contributed by atoms with Gasteiger partial charge in [0.1, 0.15) is 0 Å². The number of piperidine rings is 1. The number of carbonyl (C=O) groups is 1. The molecule has 2 saturated heterocycles. The number of morpholine rings is 1. The maximum atomic E-state index is 13.8. The van der Waals surface area contributed by atoms with Crippen molar-refractivity contribution in [3.8, 4) is 0 Å². The third-order valence-corrected chi connectivity index (χ3v) is 10.2. The Morgan fingerprint density at radius 3 is 2.42 bits per heavy atom. The summed E-state index contributed by atoms with van der Waals surface area (Å²) in [7, 11) is -3.60. The molecule has 0 N–H and O–H groups in total. The summed E-state index contributed by atoms with van der Waals surface area (Å²) < 4.78 is 34.7. The Morgan fingerprint density at radius 2 is 1.74 bits per heavy atom. The number of sulfonamides is 1. The Balaban J connectivity index is 1.35. The van der Waals surface area contributed by atoms with E-state index in [1.807, 2.05) is 24.3 Å². The lowest BCUT2D eigenvalue weighted by molar-refractivity contribution is 0.0376. The zero-order valence-corrected chi connectivity index (χ0v) is 23.7. The van der Waals surface area contributed by atoms with Crippen molar-refractivity contribution in [2.75, 3.05) is 57.4 Å². The molecule has 10 heteroatoms. The Bertz CT molecular complexity index is 1310. The highest BCUT2D eigenvalue weighted by molar-refractivity contribution is 7.89. The quantitative estimate of drug-likeness (QED) is 0.411. The van der Waals surface area contributed by atoms with Crippen LogP contribution in [0.3, 0.4) is 0 Å². The predicted octanol–water partition coefficient (Wildman–Crippen LogP) is 4.33. The third-order valence-electron chi connectivity index (χ3n) is 7.29. The minimum Gasteiger partial charge on any atom is -0.379 e. The van der Waals surface area contributed by atoms with Crippen LogP contribution in [-0.2, 0) is 14.8 Å². The van der Waals surface area contributed by atoms with Crippen LogP contribution in [0, 0.1) is 11.8 Å². The Kier molecular flexibility index (Phi) is 8.44. The second-order valence-corrected chi connectivity index (χ2v) is 13.5. The Labute approximate surface area is 229 Å². The first-order valence-corrected chi connectivity index (χ1v) is 15.6. The summed E-state index contributed by atoms with van der Waals surface area (Å²) in [5, 5.41) is 0.658. The first kappa shape index (κ1) is 27.2. The van der Waals surface area contributed by atoms with E-state index in [4.69, 9.17) is 9.72 Å². The van der Waals surface area contributed by atoms with Gasteiger partial charge < -0.3 is 4.74 Å². The predicted molar refractivity (Wildman–Crippen MR) is 151 cm³/mol. The van der Waals surface area contributed by atoms with Crippen LogP contribution in [0.1, 0.15) is 37.0 Å². The molecule has 0 bridgehead atoms. The lowest BCUT2D eigenvalue weighted by Gasteiger charge is -2.34. The summed E-state index contributed by atoms with van der Waals surface area (Å²) in [6.45, 7) is 9.94. The first-order chi connectivity index (χ1) is 18.3. The maximum Gasteiger partial charge on any atom is 0.260 e. The van der Waals surface area contributed by atoms with Crippen LogP contribution in [0.2, 0.25) is 0 Å². The summed E-state index contributed by atoms with van der Waals surface area (Å²) in [6, 6.07) is 14.3. The van der Waals surface area contributed by atoms with Gasteiger partial charge in [0, 0.05) is 44.8 Å². The van der Waals surface area contributed by atoms with E-state index in [-0.39, 0.29) is 10.8 Å². The molecular formula is C28H36N4O4S2. The van der Waals surface area contributed by atoms with Crippen LogP contribution in [-0.4, -0.2) is 81.0 Å². The van der Waals surface area contributed by atoms with Gasteiger partial charge in [-0.25, -0.2) is 13.4 Å². The van der Waals surface area contributed by atoms with Crippen LogP contribution in [0.25, 0.3) is 10.2 Å². The van der Waals surface area contributed by atoms with E-state index in [0.717, 1.165) is 55.9 Å². The van der Waals surface area contributed by atoms with Gasteiger partial charge in [-0.3, -0.25) is 14.6 Å². The molecule has 0 aliphatic carbocycles. The fraction of sp³-hybridized carbons (Fsp3) is 0.500. The average molecular weight is 557 g/mol. The number of amides is 1. The monoisotopic (exact) mass is 556 g/mol. The number of rotatable bonds is 8. The molecule has 2 aliphatic rings. The van der Waals surface area contributed by atoms with Crippen molar-refractivity contribution in [1.82, 2.24) is 14.2 Å². The largest absolute Gasteiger partial charge is 0.379 e. The standard InChI is InChI=1S/C28H36N4O4S2/c1-21-18-22(2)20-31(19-21)38(34,35)24-10-8-23(9-11-24)27(33)32(13-5-12-30-14-16-36-17-15-30)28-29-25-6-3-4-7-26(25)37-28/h3-4,6-11,21-22H,5,12-20H2,1-2H3. The highest BCUT2D eigenvalue weighted by Gasteiger charge is 2.32. The number of hydrogen-bond donors (Lipinski definition) is 0. The molecule has 1 amide bonds. The number of ether oxygens (including phenoxy) is 1. The molecule has 0 spiro atoms. The van der Waals surface area contributed by atoms with E-state index in [1.165, 1.54) is 11.3 Å². The van der Waals surface area contributed by atoms with Crippen LogP contribution < -0.4 is 4.90 Å². The molecule has 2 unspecified atom stereocenters. The van der Waals surface area contributed by atoms with Crippen LogP contribution in [0.4, 0.5) is 5.13 Å². The van der Waals surface area contributed by atoms with Crippen LogP contribution in [0.5, 0.6) is 0 Å². The summed E-state index contributed by atoms with van der Waals surface area (Å²) in [5.74, 6) is 0.485. The minimum absolute atomic E-state index is 0.171. The van der Waals surface area contributed by atoms with Crippen molar-refractivity contribution < 1.29 is 17.9 Å². The number of para-hydroxylation sites is 1. The van der Waals surface area contributed by atoms with Gasteiger partial charge in [0.05, 0.1) is 28.3 Å². The van der Waals surface area contributed by atoms with E-state index in [2.05, 4.69) is 18.7 Å². The van der Waals surface area contributed by atoms with Crippen molar-refractivity contribution in [3.05, 3.63) is 54.1 Å². The molecule has 3 aromatic rings. The van der Waals surface area contributed by atoms with E-state index in [0.29, 0.717) is 42.2 Å². The highest BCUT2D eigenvalue weighted by Crippen LogP contribution is 2.31. The third kappa shape index (κ3) is 6.10. The van der Waals surface area contributed by atoms with Gasteiger partial charge >= 0.3 is 0 Å². The highest BCUT2D eigenvalue weighted by atomic mass is 32.2. The maximum absolute atomic E-state index is 13.8. The zero-order valence-electron chi connectivity index (χ0n) is 22.1. The molecule has 5 rings (SSSR count). The lowest BCUT2D eigenvalue weighted by Crippen LogP contribution is -2.42. The molecule has 2 aromatic carbocycles. The fourth-order valence-corrected chi connectivity index (χ4v) is 8.08. The molecule has 2 atom stereocenters.